The first kappa shape index (κ1) is 10.7. The number of ether oxygens (including phenoxy) is 1. The summed E-state index contributed by atoms with van der Waals surface area (Å²) in [7, 11) is -4.61. The molecule has 6 heteroatoms. The summed E-state index contributed by atoms with van der Waals surface area (Å²) in [5, 5.41) is 0. The van der Waals surface area contributed by atoms with Crippen LogP contribution in [0.5, 0.6) is 5.75 Å². The minimum atomic E-state index is -4.61. The highest BCUT2D eigenvalue weighted by Gasteiger charge is 2.10. The number of carbonyl (C=O) groups excluding carboxylic acids is 1. The lowest BCUT2D eigenvalue weighted by Crippen LogP contribution is -2.07. The Kier molecular flexibility index (Phi) is 2.87. The molecule has 0 amide bonds. The SMILES string of the molecule is CC(=O)Oc1ccccc1S(=O)(=O)[O-]. The molecule has 0 heterocycles. The van der Waals surface area contributed by atoms with E-state index in [9.17, 15) is 17.8 Å². The summed E-state index contributed by atoms with van der Waals surface area (Å²) in [6.07, 6.45) is 0. The average molecular weight is 215 g/mol. The molecule has 14 heavy (non-hydrogen) atoms. The maximum absolute atomic E-state index is 10.7. The standard InChI is InChI=1S/C8H8O5S/c1-6(9)13-7-4-2-3-5-8(7)14(10,11)12/h2-5H,1H3,(H,10,11,12)/p-1. The predicted molar refractivity (Wildman–Crippen MR) is 45.7 cm³/mol. The topological polar surface area (TPSA) is 83.5 Å². The van der Waals surface area contributed by atoms with E-state index < -0.39 is 21.0 Å². The highest BCUT2D eigenvalue weighted by molar-refractivity contribution is 7.85. The Morgan fingerprint density at radius 2 is 1.93 bits per heavy atom. The van der Waals surface area contributed by atoms with Crippen LogP contribution in [0.1, 0.15) is 6.92 Å². The van der Waals surface area contributed by atoms with Gasteiger partial charge in [0.05, 0.1) is 4.90 Å². The van der Waals surface area contributed by atoms with Gasteiger partial charge in [-0.15, -0.1) is 0 Å². The third-order valence-corrected chi connectivity index (χ3v) is 2.25. The van der Waals surface area contributed by atoms with Crippen molar-refractivity contribution in [2.24, 2.45) is 0 Å². The van der Waals surface area contributed by atoms with Crippen molar-refractivity contribution < 1.29 is 22.5 Å². The third kappa shape index (κ3) is 2.54. The lowest BCUT2D eigenvalue weighted by molar-refractivity contribution is -0.132. The van der Waals surface area contributed by atoms with Crippen molar-refractivity contribution in [1.82, 2.24) is 0 Å². The molecule has 0 saturated heterocycles. The number of hydrogen-bond acceptors (Lipinski definition) is 5. The highest BCUT2D eigenvalue weighted by atomic mass is 32.2. The molecular weight excluding hydrogens is 208 g/mol. The molecule has 0 radical (unpaired) electrons. The van der Waals surface area contributed by atoms with Gasteiger partial charge in [-0.1, -0.05) is 12.1 Å². The monoisotopic (exact) mass is 215 g/mol. The molecule has 0 aromatic heterocycles. The summed E-state index contributed by atoms with van der Waals surface area (Å²) in [4.78, 5) is 10.0. The second-order valence-electron chi connectivity index (χ2n) is 2.49. The molecule has 0 unspecified atom stereocenters. The number of carbonyl (C=O) groups is 1. The van der Waals surface area contributed by atoms with Crippen LogP contribution in [0.15, 0.2) is 29.2 Å². The van der Waals surface area contributed by atoms with Crippen LogP contribution in [-0.2, 0) is 14.9 Å². The summed E-state index contributed by atoms with van der Waals surface area (Å²) < 4.78 is 36.6. The normalized spacial score (nSPS) is 11.0. The lowest BCUT2D eigenvalue weighted by Gasteiger charge is -2.11. The molecular formula is C8H7O5S-. The van der Waals surface area contributed by atoms with E-state index in [-0.39, 0.29) is 5.75 Å². The molecule has 0 aliphatic carbocycles. The van der Waals surface area contributed by atoms with Crippen molar-refractivity contribution in [3.8, 4) is 5.75 Å². The van der Waals surface area contributed by atoms with Crippen LogP contribution in [0.2, 0.25) is 0 Å². The summed E-state index contributed by atoms with van der Waals surface area (Å²) >= 11 is 0. The maximum atomic E-state index is 10.7. The Morgan fingerprint density at radius 1 is 1.36 bits per heavy atom. The van der Waals surface area contributed by atoms with Gasteiger partial charge < -0.3 is 9.29 Å². The van der Waals surface area contributed by atoms with E-state index in [1.807, 2.05) is 0 Å². The molecule has 0 spiro atoms. The second kappa shape index (κ2) is 3.77. The van der Waals surface area contributed by atoms with Crippen LogP contribution in [0, 0.1) is 0 Å². The largest absolute Gasteiger partial charge is 0.744 e. The summed E-state index contributed by atoms with van der Waals surface area (Å²) in [6, 6.07) is 5.16. The first-order valence-electron chi connectivity index (χ1n) is 3.64. The minimum absolute atomic E-state index is 0.241. The van der Waals surface area contributed by atoms with Crippen molar-refractivity contribution in [3.05, 3.63) is 24.3 Å². The first-order valence-corrected chi connectivity index (χ1v) is 5.05. The number of para-hydroxylation sites is 1. The number of hydrogen-bond donors (Lipinski definition) is 0. The summed E-state index contributed by atoms with van der Waals surface area (Å²) in [5.41, 5.74) is 0. The van der Waals surface area contributed by atoms with Gasteiger partial charge in [0.1, 0.15) is 15.9 Å². The molecule has 1 aromatic rings. The predicted octanol–water partition coefficient (Wildman–Crippen LogP) is 0.516. The first-order chi connectivity index (χ1) is 6.41. The molecule has 5 nitrogen and oxygen atoms in total. The van der Waals surface area contributed by atoms with E-state index in [4.69, 9.17) is 0 Å². The van der Waals surface area contributed by atoms with Gasteiger partial charge in [-0.05, 0) is 12.1 Å². The van der Waals surface area contributed by atoms with Crippen LogP contribution in [-0.4, -0.2) is 18.9 Å². The fourth-order valence-corrected chi connectivity index (χ4v) is 1.50. The van der Waals surface area contributed by atoms with E-state index in [1.165, 1.54) is 18.2 Å². The number of benzene rings is 1. The molecule has 1 aromatic carbocycles. The van der Waals surface area contributed by atoms with Crippen molar-refractivity contribution >= 4 is 16.1 Å². The van der Waals surface area contributed by atoms with E-state index in [1.54, 1.807) is 0 Å². The van der Waals surface area contributed by atoms with Gasteiger partial charge in [-0.25, -0.2) is 8.42 Å². The van der Waals surface area contributed by atoms with E-state index in [0.29, 0.717) is 0 Å². The van der Waals surface area contributed by atoms with Crippen LogP contribution < -0.4 is 4.74 Å². The van der Waals surface area contributed by atoms with E-state index in [2.05, 4.69) is 4.74 Å². The van der Waals surface area contributed by atoms with Gasteiger partial charge in [-0.3, -0.25) is 4.79 Å². The Bertz CT molecular complexity index is 449. The van der Waals surface area contributed by atoms with Gasteiger partial charge in [0.2, 0.25) is 0 Å². The summed E-state index contributed by atoms with van der Waals surface area (Å²) in [6.45, 7) is 1.12. The van der Waals surface area contributed by atoms with Crippen LogP contribution in [0.4, 0.5) is 0 Å². The molecule has 0 fully saturated rings. The molecule has 0 atom stereocenters. The number of rotatable bonds is 2. The average Bonchev–Trinajstić information content (AvgIpc) is 2.01. The quantitative estimate of drug-likeness (QED) is 0.408. The van der Waals surface area contributed by atoms with Crippen molar-refractivity contribution in [1.29, 1.82) is 0 Å². The van der Waals surface area contributed by atoms with E-state index >= 15 is 0 Å². The van der Waals surface area contributed by atoms with Gasteiger partial charge in [0.25, 0.3) is 0 Å². The second-order valence-corrected chi connectivity index (χ2v) is 3.84. The van der Waals surface area contributed by atoms with E-state index in [0.717, 1.165) is 13.0 Å². The highest BCUT2D eigenvalue weighted by Crippen LogP contribution is 2.22. The molecule has 76 valence electrons. The van der Waals surface area contributed by atoms with Crippen molar-refractivity contribution in [2.75, 3.05) is 0 Å². The van der Waals surface area contributed by atoms with Crippen LogP contribution in [0.25, 0.3) is 0 Å². The number of esters is 1. The zero-order chi connectivity index (χ0) is 10.8. The molecule has 0 saturated carbocycles. The molecule has 1 rings (SSSR count). The smallest absolute Gasteiger partial charge is 0.308 e. The lowest BCUT2D eigenvalue weighted by atomic mass is 10.3. The van der Waals surface area contributed by atoms with Gasteiger partial charge >= 0.3 is 5.97 Å². The Balaban J connectivity index is 3.23. The zero-order valence-electron chi connectivity index (χ0n) is 7.26. The Morgan fingerprint density at radius 3 is 2.43 bits per heavy atom. The van der Waals surface area contributed by atoms with Crippen LogP contribution in [0.3, 0.4) is 0 Å². The molecule has 0 N–H and O–H groups in total. The maximum Gasteiger partial charge on any atom is 0.308 e. The van der Waals surface area contributed by atoms with Gasteiger partial charge in [-0.2, -0.15) is 0 Å². The van der Waals surface area contributed by atoms with Crippen LogP contribution >= 0.6 is 0 Å². The minimum Gasteiger partial charge on any atom is -0.744 e. The van der Waals surface area contributed by atoms with Crippen molar-refractivity contribution in [3.63, 3.8) is 0 Å². The van der Waals surface area contributed by atoms with Crippen molar-refractivity contribution in [2.45, 2.75) is 11.8 Å². The van der Waals surface area contributed by atoms with Gasteiger partial charge in [0.15, 0.2) is 0 Å². The zero-order valence-corrected chi connectivity index (χ0v) is 8.08. The van der Waals surface area contributed by atoms with Gasteiger partial charge in [0, 0.05) is 6.92 Å². The fraction of sp³-hybridized carbons (Fsp3) is 0.125. The third-order valence-electron chi connectivity index (χ3n) is 1.37. The Labute approximate surface area is 81.1 Å². The molecule has 0 aliphatic rings. The fourth-order valence-electron chi connectivity index (χ4n) is 0.896. The molecule has 0 bridgehead atoms. The Hall–Kier alpha value is -1.40. The molecule has 0 aliphatic heterocycles. The summed E-state index contributed by atoms with van der Waals surface area (Å²) in [5.74, 6) is -0.920.